The summed E-state index contributed by atoms with van der Waals surface area (Å²) in [6, 6.07) is 3.37. The number of nitrogens with two attached hydrogens (primary N) is 1. The van der Waals surface area contributed by atoms with Crippen LogP contribution in [0.5, 0.6) is 5.88 Å². The Bertz CT molecular complexity index is 560. The second kappa shape index (κ2) is 10.3. The number of anilines is 1. The first-order valence-corrected chi connectivity index (χ1v) is 7.74. The Hall–Kier alpha value is -2.55. The monoisotopic (exact) mass is 338 g/mol. The van der Waals surface area contributed by atoms with E-state index in [1.165, 1.54) is 14.2 Å². The Kier molecular flexibility index (Phi) is 8.34. The second-order valence-corrected chi connectivity index (χ2v) is 4.79. The van der Waals surface area contributed by atoms with Gasteiger partial charge in [0.05, 0.1) is 14.2 Å². The number of aliphatic imine (C=N–C) groups is 1. The first-order chi connectivity index (χ1) is 11.5. The topological polar surface area (TPSA) is 114 Å². The van der Waals surface area contributed by atoms with Gasteiger partial charge in [0.25, 0.3) is 0 Å². The van der Waals surface area contributed by atoms with Gasteiger partial charge in [-0.1, -0.05) is 13.8 Å². The third kappa shape index (κ3) is 6.29. The molecular weight excluding hydrogens is 312 g/mol. The number of likely N-dealkylation sites (N-methyl/N-ethyl adjacent to an activating group) is 1. The number of alkyl carbamates (subject to hydrolysis) is 1. The van der Waals surface area contributed by atoms with Crippen LogP contribution in [0.1, 0.15) is 13.8 Å². The van der Waals surface area contributed by atoms with Crippen LogP contribution in [0.3, 0.4) is 0 Å². The molecule has 0 saturated carbocycles. The molecule has 1 aromatic rings. The van der Waals surface area contributed by atoms with Crippen molar-refractivity contribution in [1.29, 1.82) is 0 Å². The van der Waals surface area contributed by atoms with Crippen molar-refractivity contribution in [2.24, 2.45) is 10.7 Å². The summed E-state index contributed by atoms with van der Waals surface area (Å²) in [5.74, 6) is 0.899. The standard InChI is InChI=1S/C15H26N6O3/c1-5-21(6-2)10-9-17-13-11(7-8-12(19-13)23-3)18-14(16)20-15(22)24-4/h7-8H,5-6,9-10H2,1-4H3,(H,17,19)(H3,16,18,20,22). The Balaban J connectivity index is 2.87. The average molecular weight is 338 g/mol. The maximum Gasteiger partial charge on any atom is 0.413 e. The fourth-order valence-corrected chi connectivity index (χ4v) is 1.95. The molecule has 0 bridgehead atoms. The van der Waals surface area contributed by atoms with E-state index in [1.54, 1.807) is 12.1 Å². The van der Waals surface area contributed by atoms with Crippen molar-refractivity contribution in [3.63, 3.8) is 0 Å². The van der Waals surface area contributed by atoms with Crippen LogP contribution in [0, 0.1) is 0 Å². The number of hydrogen-bond acceptors (Lipinski definition) is 7. The second-order valence-electron chi connectivity index (χ2n) is 4.79. The third-order valence-electron chi connectivity index (χ3n) is 3.33. The van der Waals surface area contributed by atoms with Crippen LogP contribution < -0.4 is 21.1 Å². The van der Waals surface area contributed by atoms with E-state index < -0.39 is 6.09 Å². The van der Waals surface area contributed by atoms with Crippen LogP contribution in [-0.4, -0.2) is 62.3 Å². The van der Waals surface area contributed by atoms with Crippen molar-refractivity contribution in [2.45, 2.75) is 13.8 Å². The fourth-order valence-electron chi connectivity index (χ4n) is 1.95. The number of carbonyl (C=O) groups is 1. The van der Waals surface area contributed by atoms with E-state index in [0.717, 1.165) is 19.6 Å². The van der Waals surface area contributed by atoms with Crippen LogP contribution >= 0.6 is 0 Å². The third-order valence-corrected chi connectivity index (χ3v) is 3.33. The highest BCUT2D eigenvalue weighted by Crippen LogP contribution is 2.25. The molecule has 0 saturated heterocycles. The molecule has 0 aromatic carbocycles. The number of rotatable bonds is 8. The van der Waals surface area contributed by atoms with Gasteiger partial charge in [-0.25, -0.2) is 9.79 Å². The Labute approximate surface area is 142 Å². The number of carbonyl (C=O) groups excluding carboxylic acids is 1. The molecule has 0 fully saturated rings. The number of pyridine rings is 1. The highest BCUT2D eigenvalue weighted by Gasteiger charge is 2.08. The minimum atomic E-state index is -0.686. The SMILES string of the molecule is CCN(CC)CCNc1nc(OC)ccc1N=C(N)NC(=O)OC. The fraction of sp³-hybridized carbons (Fsp3) is 0.533. The molecule has 9 nitrogen and oxygen atoms in total. The smallest absolute Gasteiger partial charge is 0.413 e. The maximum absolute atomic E-state index is 11.2. The summed E-state index contributed by atoms with van der Waals surface area (Å²) < 4.78 is 9.61. The quantitative estimate of drug-likeness (QED) is 0.481. The van der Waals surface area contributed by atoms with Crippen LogP contribution in [0.25, 0.3) is 0 Å². The van der Waals surface area contributed by atoms with Crippen molar-refractivity contribution in [1.82, 2.24) is 15.2 Å². The summed E-state index contributed by atoms with van der Waals surface area (Å²) in [7, 11) is 2.79. The average Bonchev–Trinajstić information content (AvgIpc) is 2.59. The highest BCUT2D eigenvalue weighted by atomic mass is 16.5. The minimum Gasteiger partial charge on any atom is -0.481 e. The Morgan fingerprint density at radius 1 is 1.33 bits per heavy atom. The molecule has 1 aromatic heterocycles. The van der Waals surface area contributed by atoms with Crippen molar-refractivity contribution < 1.29 is 14.3 Å². The van der Waals surface area contributed by atoms with Crippen LogP contribution in [0.2, 0.25) is 0 Å². The van der Waals surface area contributed by atoms with E-state index in [0.29, 0.717) is 23.9 Å². The number of aromatic nitrogens is 1. The maximum atomic E-state index is 11.2. The molecule has 1 heterocycles. The van der Waals surface area contributed by atoms with Crippen LogP contribution in [-0.2, 0) is 4.74 Å². The number of ether oxygens (including phenoxy) is 2. The number of hydrogen-bond donors (Lipinski definition) is 3. The lowest BCUT2D eigenvalue weighted by Crippen LogP contribution is -2.36. The van der Waals surface area contributed by atoms with E-state index in [4.69, 9.17) is 10.5 Å². The van der Waals surface area contributed by atoms with Gasteiger partial charge < -0.3 is 25.4 Å². The predicted molar refractivity (Wildman–Crippen MR) is 93.9 cm³/mol. The van der Waals surface area contributed by atoms with Gasteiger partial charge in [-0.05, 0) is 19.2 Å². The van der Waals surface area contributed by atoms with Gasteiger partial charge >= 0.3 is 6.09 Å². The van der Waals surface area contributed by atoms with Gasteiger partial charge in [0.15, 0.2) is 5.82 Å². The number of nitrogens with zero attached hydrogens (tertiary/aromatic N) is 3. The van der Waals surface area contributed by atoms with Gasteiger partial charge in [0.2, 0.25) is 11.8 Å². The number of methoxy groups -OCH3 is 2. The zero-order valence-electron chi connectivity index (χ0n) is 14.6. The van der Waals surface area contributed by atoms with E-state index in [2.05, 4.69) is 44.1 Å². The molecule has 9 heteroatoms. The number of nitrogens with one attached hydrogen (secondary N) is 2. The van der Waals surface area contributed by atoms with Gasteiger partial charge in [0.1, 0.15) is 5.69 Å². The van der Waals surface area contributed by atoms with E-state index >= 15 is 0 Å². The molecule has 4 N–H and O–H groups in total. The molecule has 0 aliphatic rings. The lowest BCUT2D eigenvalue weighted by Gasteiger charge is -2.18. The predicted octanol–water partition coefficient (Wildman–Crippen LogP) is 1.15. The summed E-state index contributed by atoms with van der Waals surface area (Å²) in [6.45, 7) is 7.74. The van der Waals surface area contributed by atoms with Crippen molar-refractivity contribution >= 4 is 23.6 Å². The van der Waals surface area contributed by atoms with E-state index in [9.17, 15) is 4.79 Å². The molecule has 0 radical (unpaired) electrons. The normalized spacial score (nSPS) is 11.3. The van der Waals surface area contributed by atoms with E-state index in [1.807, 2.05) is 0 Å². The summed E-state index contributed by atoms with van der Waals surface area (Å²) >= 11 is 0. The summed E-state index contributed by atoms with van der Waals surface area (Å²) in [5.41, 5.74) is 6.17. The molecule has 1 amide bonds. The van der Waals surface area contributed by atoms with Crippen LogP contribution in [0.4, 0.5) is 16.3 Å². The zero-order chi connectivity index (χ0) is 17.9. The van der Waals surface area contributed by atoms with Gasteiger partial charge in [-0.15, -0.1) is 0 Å². The highest BCUT2D eigenvalue weighted by molar-refractivity contribution is 5.94. The van der Waals surface area contributed by atoms with Gasteiger partial charge in [0, 0.05) is 19.2 Å². The molecular formula is C15H26N6O3. The molecule has 134 valence electrons. The first-order valence-electron chi connectivity index (χ1n) is 7.74. The van der Waals surface area contributed by atoms with Crippen LogP contribution in [0.15, 0.2) is 17.1 Å². The number of guanidine groups is 1. The largest absolute Gasteiger partial charge is 0.481 e. The Morgan fingerprint density at radius 2 is 2.04 bits per heavy atom. The van der Waals surface area contributed by atoms with Gasteiger partial charge in [-0.2, -0.15) is 4.98 Å². The lowest BCUT2D eigenvalue weighted by atomic mass is 10.3. The van der Waals surface area contributed by atoms with E-state index in [-0.39, 0.29) is 5.96 Å². The molecule has 0 aliphatic heterocycles. The number of amides is 1. The summed E-state index contributed by atoms with van der Waals surface area (Å²) in [4.78, 5) is 21.9. The molecule has 0 aliphatic carbocycles. The minimum absolute atomic E-state index is 0.0828. The van der Waals surface area contributed by atoms with Crippen molar-refractivity contribution in [3.8, 4) is 5.88 Å². The lowest BCUT2D eigenvalue weighted by molar-refractivity contribution is 0.176. The molecule has 24 heavy (non-hydrogen) atoms. The molecule has 0 unspecified atom stereocenters. The first kappa shape index (κ1) is 19.5. The summed E-state index contributed by atoms with van der Waals surface area (Å²) in [6.07, 6.45) is -0.686. The Morgan fingerprint density at radius 3 is 2.62 bits per heavy atom. The molecule has 0 spiro atoms. The zero-order valence-corrected chi connectivity index (χ0v) is 14.6. The molecule has 0 atom stereocenters. The summed E-state index contributed by atoms with van der Waals surface area (Å²) in [5, 5.41) is 5.52. The molecule has 1 rings (SSSR count). The van der Waals surface area contributed by atoms with Crippen molar-refractivity contribution in [3.05, 3.63) is 12.1 Å². The van der Waals surface area contributed by atoms with Gasteiger partial charge in [-0.3, -0.25) is 5.32 Å². The van der Waals surface area contributed by atoms with Crippen molar-refractivity contribution in [2.75, 3.05) is 45.7 Å².